The van der Waals surface area contributed by atoms with Crippen LogP contribution in [0.2, 0.25) is 0 Å². The molecule has 0 radical (unpaired) electrons. The van der Waals surface area contributed by atoms with Crippen molar-refractivity contribution in [1.82, 2.24) is 4.98 Å². The van der Waals surface area contributed by atoms with E-state index < -0.39 is 0 Å². The van der Waals surface area contributed by atoms with Crippen molar-refractivity contribution >= 4 is 5.82 Å². The highest BCUT2D eigenvalue weighted by Gasteiger charge is 1.94. The zero-order valence-corrected chi connectivity index (χ0v) is 7.91. The highest BCUT2D eigenvalue weighted by Crippen LogP contribution is 2.06. The van der Waals surface area contributed by atoms with Gasteiger partial charge in [-0.25, -0.2) is 4.98 Å². The van der Waals surface area contributed by atoms with Crippen molar-refractivity contribution in [2.24, 2.45) is 5.73 Å². The third kappa shape index (κ3) is 2.77. The fourth-order valence-corrected chi connectivity index (χ4v) is 0.878. The van der Waals surface area contributed by atoms with Crippen LogP contribution in [0.3, 0.4) is 0 Å². The minimum Gasteiger partial charge on any atom is -0.363 e. The molecule has 1 aromatic heterocycles. The minimum absolute atomic E-state index is 0.384. The Balaban J connectivity index is 2.81. The molecular weight excluding hydrogens is 162 g/mol. The van der Waals surface area contributed by atoms with Gasteiger partial charge in [-0.3, -0.25) is 0 Å². The van der Waals surface area contributed by atoms with Crippen molar-refractivity contribution in [3.63, 3.8) is 0 Å². The lowest BCUT2D eigenvalue weighted by atomic mass is 10.3. The maximum Gasteiger partial charge on any atom is 0.128 e. The normalized spacial score (nSPS) is 8.85. The van der Waals surface area contributed by atoms with E-state index in [2.05, 4.69) is 16.8 Å². The summed E-state index contributed by atoms with van der Waals surface area (Å²) in [5.74, 6) is 6.62. The van der Waals surface area contributed by atoms with Crippen LogP contribution < -0.4 is 10.6 Å². The lowest BCUT2D eigenvalue weighted by molar-refractivity contribution is 1.07. The van der Waals surface area contributed by atoms with Crippen LogP contribution in [0.4, 0.5) is 5.82 Å². The van der Waals surface area contributed by atoms with E-state index in [-0.39, 0.29) is 0 Å². The Labute approximate surface area is 78.6 Å². The van der Waals surface area contributed by atoms with Crippen LogP contribution in [-0.2, 0) is 0 Å². The average Bonchev–Trinajstić information content (AvgIpc) is 2.15. The monoisotopic (exact) mass is 175 g/mol. The van der Waals surface area contributed by atoms with Crippen LogP contribution in [0, 0.1) is 11.8 Å². The van der Waals surface area contributed by atoms with Crippen molar-refractivity contribution in [3.8, 4) is 11.8 Å². The fourth-order valence-electron chi connectivity index (χ4n) is 0.878. The Bertz CT molecular complexity index is 316. The summed E-state index contributed by atoms with van der Waals surface area (Å²) in [7, 11) is 3.90. The van der Waals surface area contributed by atoms with Crippen LogP contribution in [0.25, 0.3) is 0 Å². The highest BCUT2D eigenvalue weighted by atomic mass is 15.1. The van der Waals surface area contributed by atoms with Gasteiger partial charge in [0.25, 0.3) is 0 Å². The van der Waals surface area contributed by atoms with E-state index in [0.717, 1.165) is 11.4 Å². The van der Waals surface area contributed by atoms with Crippen LogP contribution in [0.5, 0.6) is 0 Å². The van der Waals surface area contributed by atoms with Crippen LogP contribution >= 0.6 is 0 Å². The molecule has 0 aliphatic rings. The third-order valence-electron chi connectivity index (χ3n) is 1.54. The first-order chi connectivity index (χ1) is 6.24. The average molecular weight is 175 g/mol. The Hall–Kier alpha value is -1.53. The van der Waals surface area contributed by atoms with E-state index in [4.69, 9.17) is 5.73 Å². The van der Waals surface area contributed by atoms with Crippen molar-refractivity contribution in [3.05, 3.63) is 23.9 Å². The molecule has 0 spiro atoms. The van der Waals surface area contributed by atoms with Crippen LogP contribution in [0.1, 0.15) is 5.56 Å². The second-order valence-electron chi connectivity index (χ2n) is 2.81. The van der Waals surface area contributed by atoms with Gasteiger partial charge in [-0.1, -0.05) is 11.8 Å². The summed E-state index contributed by atoms with van der Waals surface area (Å²) in [6, 6.07) is 3.87. The molecule has 0 unspecified atom stereocenters. The first-order valence-corrected chi connectivity index (χ1v) is 4.06. The molecule has 1 aromatic rings. The summed E-state index contributed by atoms with van der Waals surface area (Å²) in [6.45, 7) is 0.384. The van der Waals surface area contributed by atoms with Crippen molar-refractivity contribution in [1.29, 1.82) is 0 Å². The van der Waals surface area contributed by atoms with E-state index in [9.17, 15) is 0 Å². The molecule has 3 heteroatoms. The molecule has 1 rings (SSSR count). The van der Waals surface area contributed by atoms with Crippen molar-refractivity contribution < 1.29 is 0 Å². The van der Waals surface area contributed by atoms with E-state index in [1.54, 1.807) is 6.20 Å². The molecule has 0 aliphatic heterocycles. The Kier molecular flexibility index (Phi) is 3.30. The quantitative estimate of drug-likeness (QED) is 0.630. The Morgan fingerprint density at radius 3 is 2.69 bits per heavy atom. The molecular formula is C10H13N3. The van der Waals surface area contributed by atoms with Gasteiger partial charge in [0, 0.05) is 25.9 Å². The number of nitrogens with zero attached hydrogens (tertiary/aromatic N) is 2. The number of nitrogens with two attached hydrogens (primary N) is 1. The van der Waals surface area contributed by atoms with Gasteiger partial charge >= 0.3 is 0 Å². The summed E-state index contributed by atoms with van der Waals surface area (Å²) in [6.07, 6.45) is 1.75. The maximum absolute atomic E-state index is 5.25. The van der Waals surface area contributed by atoms with Gasteiger partial charge in [0.15, 0.2) is 0 Å². The zero-order valence-electron chi connectivity index (χ0n) is 7.91. The Morgan fingerprint density at radius 2 is 2.23 bits per heavy atom. The summed E-state index contributed by atoms with van der Waals surface area (Å²) in [4.78, 5) is 6.16. The van der Waals surface area contributed by atoms with E-state index in [0.29, 0.717) is 6.54 Å². The minimum atomic E-state index is 0.384. The van der Waals surface area contributed by atoms with Gasteiger partial charge in [0.05, 0.1) is 6.54 Å². The topological polar surface area (TPSA) is 42.1 Å². The van der Waals surface area contributed by atoms with Gasteiger partial charge in [0.2, 0.25) is 0 Å². The lowest BCUT2D eigenvalue weighted by Gasteiger charge is -2.09. The molecule has 3 nitrogen and oxygen atoms in total. The first kappa shape index (κ1) is 9.56. The van der Waals surface area contributed by atoms with Gasteiger partial charge in [-0.05, 0) is 12.1 Å². The first-order valence-electron chi connectivity index (χ1n) is 4.06. The summed E-state index contributed by atoms with van der Waals surface area (Å²) < 4.78 is 0. The molecule has 0 fully saturated rings. The van der Waals surface area contributed by atoms with E-state index in [1.165, 1.54) is 0 Å². The molecule has 68 valence electrons. The van der Waals surface area contributed by atoms with Gasteiger partial charge < -0.3 is 10.6 Å². The van der Waals surface area contributed by atoms with Crippen molar-refractivity contribution in [2.45, 2.75) is 0 Å². The van der Waals surface area contributed by atoms with Gasteiger partial charge in [-0.15, -0.1) is 0 Å². The molecule has 2 N–H and O–H groups in total. The molecule has 0 saturated heterocycles. The molecule has 0 amide bonds. The fraction of sp³-hybridized carbons (Fsp3) is 0.300. The predicted octanol–water partition coefficient (Wildman–Crippen LogP) is 0.458. The summed E-state index contributed by atoms with van der Waals surface area (Å²) in [5.41, 5.74) is 6.15. The number of hydrogen-bond donors (Lipinski definition) is 1. The lowest BCUT2D eigenvalue weighted by Crippen LogP contribution is -2.10. The van der Waals surface area contributed by atoms with Gasteiger partial charge in [-0.2, -0.15) is 0 Å². The van der Waals surface area contributed by atoms with E-state index in [1.807, 2.05) is 31.1 Å². The molecule has 0 bridgehead atoms. The summed E-state index contributed by atoms with van der Waals surface area (Å²) >= 11 is 0. The largest absolute Gasteiger partial charge is 0.363 e. The molecule has 0 saturated carbocycles. The maximum atomic E-state index is 5.25. The molecule has 0 aromatic carbocycles. The molecule has 13 heavy (non-hydrogen) atoms. The number of hydrogen-bond acceptors (Lipinski definition) is 3. The zero-order chi connectivity index (χ0) is 9.68. The standard InChI is InChI=1S/C10H13N3/c1-13(2)10-6-5-9(8-12-10)4-3-7-11/h5-6,8H,7,11H2,1-2H3. The number of pyridine rings is 1. The SMILES string of the molecule is CN(C)c1ccc(C#CCN)cn1. The molecule has 0 aliphatic carbocycles. The smallest absolute Gasteiger partial charge is 0.128 e. The Morgan fingerprint density at radius 1 is 1.46 bits per heavy atom. The van der Waals surface area contributed by atoms with E-state index >= 15 is 0 Å². The second kappa shape index (κ2) is 4.48. The van der Waals surface area contributed by atoms with Crippen molar-refractivity contribution in [2.75, 3.05) is 25.5 Å². The number of rotatable bonds is 1. The summed E-state index contributed by atoms with van der Waals surface area (Å²) in [5, 5.41) is 0. The molecule has 0 atom stereocenters. The van der Waals surface area contributed by atoms with Crippen LogP contribution in [0.15, 0.2) is 18.3 Å². The molecule has 1 heterocycles. The number of anilines is 1. The number of aromatic nitrogens is 1. The van der Waals surface area contributed by atoms with Crippen LogP contribution in [-0.4, -0.2) is 25.6 Å². The predicted molar refractivity (Wildman–Crippen MR) is 54.5 cm³/mol. The third-order valence-corrected chi connectivity index (χ3v) is 1.54. The van der Waals surface area contributed by atoms with Gasteiger partial charge in [0.1, 0.15) is 5.82 Å². The second-order valence-corrected chi connectivity index (χ2v) is 2.81. The highest BCUT2D eigenvalue weighted by molar-refractivity contribution is 5.41.